The summed E-state index contributed by atoms with van der Waals surface area (Å²) in [5.41, 5.74) is 8.41. The van der Waals surface area contributed by atoms with E-state index in [-0.39, 0.29) is 0 Å². The number of fused-ring (bicyclic) bond motifs is 2. The van der Waals surface area contributed by atoms with Crippen LogP contribution in [0.5, 0.6) is 0 Å². The smallest absolute Gasteiger partial charge is 0.277 e. The summed E-state index contributed by atoms with van der Waals surface area (Å²) in [4.78, 5) is 12.2. The van der Waals surface area contributed by atoms with Crippen LogP contribution in [-0.2, 0) is 0 Å². The lowest BCUT2D eigenvalue weighted by molar-refractivity contribution is 1.26. The molecule has 0 saturated carbocycles. The molecular weight excluding hydrogens is 512 g/mol. The van der Waals surface area contributed by atoms with Gasteiger partial charge in [-0.05, 0) is 85.3 Å². The number of aromatic nitrogens is 2. The third-order valence-corrected chi connectivity index (χ3v) is 7.66. The van der Waals surface area contributed by atoms with Gasteiger partial charge in [0.15, 0.2) is 0 Å². The van der Waals surface area contributed by atoms with Crippen LogP contribution in [0.15, 0.2) is 134 Å². The average molecular weight is 535 g/mol. The van der Waals surface area contributed by atoms with Crippen LogP contribution in [0, 0.1) is 17.9 Å². The molecule has 0 N–H and O–H groups in total. The molecule has 5 aromatic carbocycles. The van der Waals surface area contributed by atoms with Crippen LogP contribution in [-0.4, -0.2) is 9.97 Å². The summed E-state index contributed by atoms with van der Waals surface area (Å²) in [5.74, 6) is 0.396. The first-order valence-corrected chi connectivity index (χ1v) is 13.6. The molecule has 2 heterocycles. The van der Waals surface area contributed by atoms with Gasteiger partial charge in [0.05, 0.1) is 0 Å². The topological polar surface area (TPSA) is 53.9 Å². The molecule has 0 bridgehead atoms. The summed E-state index contributed by atoms with van der Waals surface area (Å²) < 4.78 is 0. The quantitative estimate of drug-likeness (QED) is 0.167. The van der Waals surface area contributed by atoms with Gasteiger partial charge in [0, 0.05) is 17.3 Å². The highest BCUT2D eigenvalue weighted by Gasteiger charge is 2.18. The van der Waals surface area contributed by atoms with Crippen LogP contribution in [0.25, 0.3) is 70.9 Å². The van der Waals surface area contributed by atoms with E-state index in [2.05, 4.69) is 93.7 Å². The Hall–Kier alpha value is -6.10. The number of pyridine rings is 2. The SMILES string of the molecule is [C-]#[N+]c1ncccc1-c1cccc(-c2c3ccccc3c(-c3cccc(-c4cccnc4C#N)c3)c3ccccc23)c1. The van der Waals surface area contributed by atoms with Crippen LogP contribution in [0.3, 0.4) is 0 Å². The molecule has 0 amide bonds. The summed E-state index contributed by atoms with van der Waals surface area (Å²) in [6.07, 6.45) is 3.31. The van der Waals surface area contributed by atoms with Gasteiger partial charge in [-0.2, -0.15) is 5.26 Å². The van der Waals surface area contributed by atoms with Gasteiger partial charge in [-0.25, -0.2) is 4.98 Å². The molecule has 0 aliphatic heterocycles. The van der Waals surface area contributed by atoms with Crippen molar-refractivity contribution >= 4 is 27.4 Å². The maximum absolute atomic E-state index is 9.68. The summed E-state index contributed by atoms with van der Waals surface area (Å²) >= 11 is 0. The van der Waals surface area contributed by atoms with Crippen molar-refractivity contribution in [2.45, 2.75) is 0 Å². The van der Waals surface area contributed by atoms with E-state index in [0.717, 1.165) is 66.1 Å². The summed E-state index contributed by atoms with van der Waals surface area (Å²) in [6, 6.07) is 43.6. The fraction of sp³-hybridized carbons (Fsp3) is 0. The van der Waals surface area contributed by atoms with Crippen molar-refractivity contribution < 1.29 is 0 Å². The van der Waals surface area contributed by atoms with E-state index in [1.807, 2.05) is 48.5 Å². The molecule has 0 atom stereocenters. The Morgan fingerprint density at radius 3 is 1.52 bits per heavy atom. The van der Waals surface area contributed by atoms with Crippen molar-refractivity contribution in [3.8, 4) is 50.6 Å². The molecule has 7 aromatic rings. The molecule has 0 saturated heterocycles. The molecule has 4 nitrogen and oxygen atoms in total. The molecular formula is C38H22N4. The Morgan fingerprint density at radius 2 is 1.00 bits per heavy atom. The van der Waals surface area contributed by atoms with Gasteiger partial charge in [0.2, 0.25) is 0 Å². The first kappa shape index (κ1) is 24.9. The second kappa shape index (κ2) is 10.5. The number of nitriles is 1. The van der Waals surface area contributed by atoms with Crippen molar-refractivity contribution in [1.82, 2.24) is 9.97 Å². The molecule has 0 aliphatic rings. The van der Waals surface area contributed by atoms with Crippen LogP contribution in [0.4, 0.5) is 5.82 Å². The second-order valence-corrected chi connectivity index (χ2v) is 10.0. The van der Waals surface area contributed by atoms with E-state index >= 15 is 0 Å². The molecule has 2 aromatic heterocycles. The van der Waals surface area contributed by atoms with Crippen molar-refractivity contribution in [2.75, 3.05) is 0 Å². The molecule has 0 spiro atoms. The summed E-state index contributed by atoms with van der Waals surface area (Å²) in [5, 5.41) is 14.2. The highest BCUT2D eigenvalue weighted by molar-refractivity contribution is 6.21. The van der Waals surface area contributed by atoms with Crippen molar-refractivity contribution in [3.05, 3.63) is 151 Å². The Morgan fingerprint density at radius 1 is 0.524 bits per heavy atom. The summed E-state index contributed by atoms with van der Waals surface area (Å²) in [7, 11) is 0. The van der Waals surface area contributed by atoms with E-state index in [1.165, 1.54) is 0 Å². The number of hydrogen-bond donors (Lipinski definition) is 0. The monoisotopic (exact) mass is 534 g/mol. The van der Waals surface area contributed by atoms with E-state index in [1.54, 1.807) is 12.4 Å². The van der Waals surface area contributed by atoms with Gasteiger partial charge >= 0.3 is 0 Å². The zero-order valence-electron chi connectivity index (χ0n) is 22.5. The van der Waals surface area contributed by atoms with Gasteiger partial charge in [0.25, 0.3) is 5.82 Å². The minimum absolute atomic E-state index is 0.396. The lowest BCUT2D eigenvalue weighted by Crippen LogP contribution is -1.92. The molecule has 0 radical (unpaired) electrons. The second-order valence-electron chi connectivity index (χ2n) is 10.0. The standard InChI is InChI=1S/C38H22N4/c1-40-38-30(19-9-21-42-38)26-11-7-13-28(23-26)37-33-16-4-2-14-31(33)36(32-15-3-5-17-34(32)37)27-12-6-10-25(22-27)29-18-8-20-41-35(29)24-39/h2-23H. The predicted molar refractivity (Wildman–Crippen MR) is 170 cm³/mol. The van der Waals surface area contributed by atoms with Gasteiger partial charge in [0.1, 0.15) is 18.0 Å². The maximum Gasteiger partial charge on any atom is 0.277 e. The average Bonchev–Trinajstić information content (AvgIpc) is 3.07. The van der Waals surface area contributed by atoms with Gasteiger partial charge in [-0.15, -0.1) is 4.98 Å². The van der Waals surface area contributed by atoms with Crippen molar-refractivity contribution in [2.24, 2.45) is 0 Å². The molecule has 42 heavy (non-hydrogen) atoms. The molecule has 4 heteroatoms. The zero-order chi connectivity index (χ0) is 28.5. The van der Waals surface area contributed by atoms with E-state index in [0.29, 0.717) is 11.5 Å². The first-order valence-electron chi connectivity index (χ1n) is 13.6. The Bertz CT molecular complexity index is 2020. The molecule has 194 valence electrons. The van der Waals surface area contributed by atoms with Gasteiger partial charge in [-0.1, -0.05) is 97.6 Å². The van der Waals surface area contributed by atoms with E-state index < -0.39 is 0 Å². The Balaban J connectivity index is 1.50. The minimum atomic E-state index is 0.396. The fourth-order valence-corrected chi connectivity index (χ4v) is 5.87. The Kier molecular flexibility index (Phi) is 6.21. The predicted octanol–water partition coefficient (Wildman–Crippen LogP) is 9.87. The van der Waals surface area contributed by atoms with Gasteiger partial charge < -0.3 is 4.85 Å². The fourth-order valence-electron chi connectivity index (χ4n) is 5.87. The normalized spacial score (nSPS) is 10.8. The third-order valence-electron chi connectivity index (χ3n) is 7.66. The molecule has 0 fully saturated rings. The molecule has 0 unspecified atom stereocenters. The highest BCUT2D eigenvalue weighted by Crippen LogP contribution is 2.45. The first-order chi connectivity index (χ1) is 20.8. The van der Waals surface area contributed by atoms with Crippen LogP contribution in [0.1, 0.15) is 5.69 Å². The van der Waals surface area contributed by atoms with Crippen LogP contribution >= 0.6 is 0 Å². The highest BCUT2D eigenvalue weighted by atomic mass is 14.9. The molecule has 7 rings (SSSR count). The van der Waals surface area contributed by atoms with Crippen molar-refractivity contribution in [1.29, 1.82) is 5.26 Å². The summed E-state index contributed by atoms with van der Waals surface area (Å²) in [6.45, 7) is 7.61. The maximum atomic E-state index is 9.68. The zero-order valence-corrected chi connectivity index (χ0v) is 22.5. The number of hydrogen-bond acceptors (Lipinski definition) is 3. The van der Waals surface area contributed by atoms with Crippen LogP contribution < -0.4 is 0 Å². The number of benzene rings is 5. The molecule has 0 aliphatic carbocycles. The third kappa shape index (κ3) is 4.16. The minimum Gasteiger partial charge on any atom is -0.360 e. The Labute approximate surface area is 243 Å². The van der Waals surface area contributed by atoms with E-state index in [4.69, 9.17) is 6.57 Å². The van der Waals surface area contributed by atoms with Crippen LogP contribution in [0.2, 0.25) is 0 Å². The lowest BCUT2D eigenvalue weighted by atomic mass is 9.85. The van der Waals surface area contributed by atoms with Gasteiger partial charge in [-0.3, -0.25) is 0 Å². The lowest BCUT2D eigenvalue weighted by Gasteiger charge is -2.18. The van der Waals surface area contributed by atoms with E-state index in [9.17, 15) is 5.26 Å². The number of nitrogens with zero attached hydrogens (tertiary/aromatic N) is 4. The van der Waals surface area contributed by atoms with Crippen molar-refractivity contribution in [3.63, 3.8) is 0 Å². The number of rotatable bonds is 4. The largest absolute Gasteiger partial charge is 0.360 e.